The average molecular weight is 1020 g/mol. The first kappa shape index (κ1) is 46.4. The maximum atomic E-state index is 11.2. The fourth-order valence-electron chi connectivity index (χ4n) is 11.8. The van der Waals surface area contributed by atoms with Crippen LogP contribution in [0.25, 0.3) is 110 Å². The van der Waals surface area contributed by atoms with Crippen molar-refractivity contribution in [2.45, 2.75) is 0 Å². The van der Waals surface area contributed by atoms with E-state index in [9.17, 15) is 5.26 Å². The minimum absolute atomic E-state index is 0.533. The molecule has 15 aromatic rings. The molecule has 2 aromatic heterocycles. The molecule has 0 saturated carbocycles. The Morgan fingerprint density at radius 3 is 1.04 bits per heavy atom. The van der Waals surface area contributed by atoms with Gasteiger partial charge in [-0.15, -0.1) is 0 Å². The third-order valence-corrected chi connectivity index (χ3v) is 15.6. The molecule has 0 aliphatic rings. The van der Waals surface area contributed by atoms with Gasteiger partial charge in [0.25, 0.3) is 0 Å². The molecule has 0 amide bonds. The second-order valence-electron chi connectivity index (χ2n) is 20.3. The summed E-state index contributed by atoms with van der Waals surface area (Å²) >= 11 is 0. The lowest BCUT2D eigenvalue weighted by atomic mass is 9.96. The van der Waals surface area contributed by atoms with Gasteiger partial charge in [-0.1, -0.05) is 194 Å². The first-order chi connectivity index (χ1) is 39.6. The molecule has 0 saturated heterocycles. The highest BCUT2D eigenvalue weighted by Gasteiger charge is 2.24. The van der Waals surface area contributed by atoms with Crippen molar-refractivity contribution in [1.29, 1.82) is 5.26 Å². The summed E-state index contributed by atoms with van der Waals surface area (Å²) in [7, 11) is 0. The Morgan fingerprint density at radius 2 is 0.650 bits per heavy atom. The van der Waals surface area contributed by atoms with Crippen LogP contribution in [-0.2, 0) is 0 Å². The minimum atomic E-state index is 0.533. The fourth-order valence-corrected chi connectivity index (χ4v) is 11.8. The van der Waals surface area contributed by atoms with E-state index < -0.39 is 0 Å². The number of para-hydroxylation sites is 2. The summed E-state index contributed by atoms with van der Waals surface area (Å²) in [6, 6.07) is 103. The van der Waals surface area contributed by atoms with Crippen LogP contribution < -0.4 is 9.80 Å². The van der Waals surface area contributed by atoms with Crippen LogP contribution in [0, 0.1) is 11.3 Å². The second kappa shape index (κ2) is 19.3. The van der Waals surface area contributed by atoms with E-state index in [4.69, 9.17) is 8.83 Å². The van der Waals surface area contributed by atoms with Crippen molar-refractivity contribution in [2.24, 2.45) is 0 Å². The molecular formula is C75H47N3O2. The molecule has 5 heteroatoms. The standard InChI is InChI=1S/C75H47N3O2/c76-48-67-74-65-41-53-31-35-61(77(59-27-15-5-16-28-59)68-43-55(49-19-7-1-8-20-49)33-37-63(68)51-23-11-3-12-24-51)39-57(53)45-70(65)79-72(74)47-73-75(67)66-42-54-32-36-62(40-58(54)46-71(66)80-73)78(60-29-17-6-18-30-60)69-44-56(50-21-9-2-10-22-50)34-38-64(69)52-25-13-4-14-26-52/h1-47H. The number of nitriles is 1. The van der Waals surface area contributed by atoms with Gasteiger partial charge in [0.15, 0.2) is 0 Å². The van der Waals surface area contributed by atoms with E-state index in [0.717, 1.165) is 122 Å². The minimum Gasteiger partial charge on any atom is -0.456 e. The van der Waals surface area contributed by atoms with Gasteiger partial charge in [-0.2, -0.15) is 5.26 Å². The molecule has 0 aliphatic heterocycles. The van der Waals surface area contributed by atoms with E-state index in [1.165, 1.54) is 0 Å². The van der Waals surface area contributed by atoms with Gasteiger partial charge < -0.3 is 18.6 Å². The molecule has 0 radical (unpaired) electrons. The van der Waals surface area contributed by atoms with E-state index >= 15 is 0 Å². The summed E-state index contributed by atoms with van der Waals surface area (Å²) in [6.45, 7) is 0. The molecule has 0 atom stereocenters. The van der Waals surface area contributed by atoms with E-state index in [1.54, 1.807) is 0 Å². The van der Waals surface area contributed by atoms with Crippen LogP contribution in [0.3, 0.4) is 0 Å². The lowest BCUT2D eigenvalue weighted by Gasteiger charge is -2.29. The molecule has 5 nitrogen and oxygen atoms in total. The van der Waals surface area contributed by atoms with Gasteiger partial charge in [-0.3, -0.25) is 0 Å². The van der Waals surface area contributed by atoms with Crippen molar-refractivity contribution in [3.63, 3.8) is 0 Å². The topological polar surface area (TPSA) is 56.6 Å². The van der Waals surface area contributed by atoms with Crippen LogP contribution in [0.1, 0.15) is 5.56 Å². The number of anilines is 6. The maximum absolute atomic E-state index is 11.2. The van der Waals surface area contributed by atoms with Crippen molar-refractivity contribution >= 4 is 99.5 Å². The van der Waals surface area contributed by atoms with Crippen LogP contribution in [0.5, 0.6) is 0 Å². The molecule has 0 aliphatic carbocycles. The van der Waals surface area contributed by atoms with Crippen molar-refractivity contribution in [2.75, 3.05) is 9.80 Å². The van der Waals surface area contributed by atoms with Gasteiger partial charge in [0.2, 0.25) is 0 Å². The predicted octanol–water partition coefficient (Wildman–Crippen LogP) is 21.3. The maximum Gasteiger partial charge on any atom is 0.140 e. The smallest absolute Gasteiger partial charge is 0.140 e. The summed E-state index contributed by atoms with van der Waals surface area (Å²) < 4.78 is 13.5. The number of hydrogen-bond acceptors (Lipinski definition) is 5. The normalized spacial score (nSPS) is 11.5. The summed E-state index contributed by atoms with van der Waals surface area (Å²) in [5, 5.41) is 18.6. The number of rotatable bonds is 10. The molecule has 374 valence electrons. The summed E-state index contributed by atoms with van der Waals surface area (Å²) in [5.41, 5.74) is 18.4. The second-order valence-corrected chi connectivity index (χ2v) is 20.3. The summed E-state index contributed by atoms with van der Waals surface area (Å²) in [5.74, 6) is 0. The van der Waals surface area contributed by atoms with Crippen molar-refractivity contribution in [1.82, 2.24) is 0 Å². The highest BCUT2D eigenvalue weighted by molar-refractivity contribution is 6.22. The Labute approximate surface area is 462 Å². The van der Waals surface area contributed by atoms with E-state index in [-0.39, 0.29) is 0 Å². The van der Waals surface area contributed by atoms with Gasteiger partial charge >= 0.3 is 0 Å². The molecular weight excluding hydrogens is 975 g/mol. The fraction of sp³-hybridized carbons (Fsp3) is 0. The van der Waals surface area contributed by atoms with E-state index in [1.807, 2.05) is 6.07 Å². The Morgan fingerprint density at radius 1 is 0.275 bits per heavy atom. The molecule has 2 heterocycles. The Bertz CT molecular complexity index is 4570. The SMILES string of the molecule is N#Cc1c2c(cc3oc4cc5cc(N(c6ccccc6)c6cc(-c7ccccc7)ccc6-c6ccccc6)ccc5cc4c13)oc1cc3cc(N(c4ccccc4)c4cc(-c5ccccc5)ccc4-c4ccccc4)ccc3cc12. The largest absolute Gasteiger partial charge is 0.456 e. The predicted molar refractivity (Wildman–Crippen MR) is 332 cm³/mol. The lowest BCUT2D eigenvalue weighted by molar-refractivity contribution is 0.656. The van der Waals surface area contributed by atoms with Crippen LogP contribution in [0.4, 0.5) is 34.1 Å². The van der Waals surface area contributed by atoms with Crippen molar-refractivity contribution in [3.8, 4) is 50.6 Å². The third kappa shape index (κ3) is 8.02. The van der Waals surface area contributed by atoms with Crippen molar-refractivity contribution < 1.29 is 8.83 Å². The Hall–Kier alpha value is -10.9. The van der Waals surface area contributed by atoms with Crippen LogP contribution in [0.2, 0.25) is 0 Å². The lowest BCUT2D eigenvalue weighted by Crippen LogP contribution is -2.11. The molecule has 0 unspecified atom stereocenters. The van der Waals surface area contributed by atoms with E-state index in [0.29, 0.717) is 27.9 Å². The first-order valence-corrected chi connectivity index (χ1v) is 26.9. The monoisotopic (exact) mass is 1020 g/mol. The van der Waals surface area contributed by atoms with Gasteiger partial charge in [0.05, 0.1) is 16.9 Å². The molecule has 80 heavy (non-hydrogen) atoms. The number of furan rings is 2. The molecule has 15 rings (SSSR count). The molecule has 0 N–H and O–H groups in total. The molecule has 0 fully saturated rings. The van der Waals surface area contributed by atoms with E-state index in [2.05, 4.69) is 295 Å². The Balaban J connectivity index is 0.853. The van der Waals surface area contributed by atoms with Gasteiger partial charge in [0, 0.05) is 61.5 Å². The quantitative estimate of drug-likeness (QED) is 0.137. The Kier molecular flexibility index (Phi) is 11.2. The summed E-state index contributed by atoms with van der Waals surface area (Å²) in [4.78, 5) is 4.70. The third-order valence-electron chi connectivity index (χ3n) is 15.6. The van der Waals surface area contributed by atoms with Gasteiger partial charge in [-0.05, 0) is 140 Å². The molecule has 13 aromatic carbocycles. The zero-order chi connectivity index (χ0) is 53.1. The van der Waals surface area contributed by atoms with Gasteiger partial charge in [0.1, 0.15) is 28.4 Å². The first-order valence-electron chi connectivity index (χ1n) is 26.9. The zero-order valence-corrected chi connectivity index (χ0v) is 43.3. The average Bonchev–Trinajstić information content (AvgIpc) is 4.29. The van der Waals surface area contributed by atoms with Crippen LogP contribution in [0.15, 0.2) is 294 Å². The van der Waals surface area contributed by atoms with Crippen LogP contribution in [-0.4, -0.2) is 0 Å². The number of benzene rings is 13. The molecule has 0 bridgehead atoms. The number of nitrogens with zero attached hydrogens (tertiary/aromatic N) is 3. The van der Waals surface area contributed by atoms with Crippen LogP contribution >= 0.6 is 0 Å². The number of hydrogen-bond donors (Lipinski definition) is 0. The zero-order valence-electron chi connectivity index (χ0n) is 43.3. The van der Waals surface area contributed by atoms with Crippen molar-refractivity contribution in [3.05, 3.63) is 291 Å². The highest BCUT2D eigenvalue weighted by Crippen LogP contribution is 2.48. The van der Waals surface area contributed by atoms with Gasteiger partial charge in [-0.25, -0.2) is 0 Å². The highest BCUT2D eigenvalue weighted by atomic mass is 16.3. The summed E-state index contributed by atoms with van der Waals surface area (Å²) in [6.07, 6.45) is 0. The molecule has 0 spiro atoms. The number of fused-ring (bicyclic) bond motifs is 8.